The van der Waals surface area contributed by atoms with Crippen molar-refractivity contribution in [1.82, 2.24) is 20.4 Å². The Kier molecular flexibility index (Phi) is 7.35. The predicted octanol–water partition coefficient (Wildman–Crippen LogP) is 1.06. The van der Waals surface area contributed by atoms with Gasteiger partial charge in [-0.3, -0.25) is 9.59 Å². The van der Waals surface area contributed by atoms with E-state index >= 15 is 0 Å². The number of ketones is 1. The van der Waals surface area contributed by atoms with E-state index in [-0.39, 0.29) is 47.9 Å². The first-order chi connectivity index (χ1) is 16.2. The summed E-state index contributed by atoms with van der Waals surface area (Å²) in [5.41, 5.74) is 0.355. The van der Waals surface area contributed by atoms with Crippen molar-refractivity contribution in [3.63, 3.8) is 0 Å². The van der Waals surface area contributed by atoms with Crippen LogP contribution in [-0.2, 0) is 19.1 Å². The summed E-state index contributed by atoms with van der Waals surface area (Å²) in [4.78, 5) is 31.4. The van der Waals surface area contributed by atoms with E-state index in [9.17, 15) is 9.59 Å². The number of hydrogen-bond acceptors (Lipinski definition) is 7. The number of likely N-dealkylation sites (tertiary alicyclic amines) is 1. The molecule has 4 fully saturated rings. The molecule has 6 unspecified atom stereocenters. The van der Waals surface area contributed by atoms with Crippen molar-refractivity contribution in [2.75, 3.05) is 46.4 Å². The Labute approximate surface area is 197 Å². The van der Waals surface area contributed by atoms with Gasteiger partial charge < -0.3 is 29.9 Å². The molecule has 8 heteroatoms. The van der Waals surface area contributed by atoms with Gasteiger partial charge in [-0.05, 0) is 51.6 Å². The molecule has 0 bridgehead atoms. The zero-order valence-electron chi connectivity index (χ0n) is 20.0. The van der Waals surface area contributed by atoms with Gasteiger partial charge in [0.15, 0.2) is 5.78 Å². The summed E-state index contributed by atoms with van der Waals surface area (Å²) >= 11 is 0. The maximum absolute atomic E-state index is 13.5. The van der Waals surface area contributed by atoms with Gasteiger partial charge in [-0.2, -0.15) is 0 Å². The van der Waals surface area contributed by atoms with E-state index in [4.69, 9.17) is 9.47 Å². The monoisotopic (exact) mass is 460 g/mol. The Morgan fingerprint density at radius 2 is 1.94 bits per heavy atom. The highest BCUT2D eigenvalue weighted by atomic mass is 16.5. The minimum absolute atomic E-state index is 0.00752. The molecule has 33 heavy (non-hydrogen) atoms. The van der Waals surface area contributed by atoms with Crippen molar-refractivity contribution in [1.29, 1.82) is 0 Å². The highest BCUT2D eigenvalue weighted by Gasteiger charge is 2.55. The number of morpholine rings is 1. The second-order valence-electron chi connectivity index (χ2n) is 10.4. The van der Waals surface area contributed by atoms with Crippen LogP contribution in [0, 0.1) is 5.92 Å². The number of nitrogens with zero attached hydrogens (tertiary/aromatic N) is 2. The first-order valence-electron chi connectivity index (χ1n) is 13.1. The zero-order chi connectivity index (χ0) is 22.8. The van der Waals surface area contributed by atoms with Crippen LogP contribution in [-0.4, -0.2) is 98.3 Å². The van der Waals surface area contributed by atoms with Gasteiger partial charge in [0, 0.05) is 44.9 Å². The van der Waals surface area contributed by atoms with Gasteiger partial charge in [-0.1, -0.05) is 12.8 Å². The van der Waals surface area contributed by atoms with Crippen molar-refractivity contribution in [3.05, 3.63) is 11.8 Å². The molecular weight excluding hydrogens is 420 g/mol. The van der Waals surface area contributed by atoms with Gasteiger partial charge in [-0.25, -0.2) is 0 Å². The van der Waals surface area contributed by atoms with Gasteiger partial charge in [0.2, 0.25) is 0 Å². The normalized spacial score (nSPS) is 36.2. The van der Waals surface area contributed by atoms with Gasteiger partial charge in [-0.15, -0.1) is 0 Å². The van der Waals surface area contributed by atoms with Crippen molar-refractivity contribution in [2.45, 2.75) is 81.7 Å². The molecule has 2 saturated carbocycles. The number of rotatable bonds is 8. The number of hydrogen-bond donors (Lipinski definition) is 2. The molecule has 0 aromatic carbocycles. The maximum Gasteiger partial charge on any atom is 0.256 e. The first-order valence-corrected chi connectivity index (χ1v) is 13.1. The van der Waals surface area contributed by atoms with Crippen LogP contribution >= 0.6 is 0 Å². The fraction of sp³-hybridized carbons (Fsp3) is 0.840. The highest BCUT2D eigenvalue weighted by molar-refractivity contribution is 6.20. The molecule has 3 heterocycles. The van der Waals surface area contributed by atoms with Crippen molar-refractivity contribution in [2.24, 2.45) is 5.92 Å². The summed E-state index contributed by atoms with van der Waals surface area (Å²) in [7, 11) is 1.71. The largest absolute Gasteiger partial charge is 0.383 e. The van der Waals surface area contributed by atoms with Gasteiger partial charge in [0.1, 0.15) is 0 Å². The van der Waals surface area contributed by atoms with Gasteiger partial charge in [0.05, 0.1) is 36.5 Å². The lowest BCUT2D eigenvalue weighted by Crippen LogP contribution is -2.70. The highest BCUT2D eigenvalue weighted by Crippen LogP contribution is 2.44. The molecule has 184 valence electrons. The third-order valence-corrected chi connectivity index (χ3v) is 8.41. The molecule has 6 atom stereocenters. The zero-order valence-corrected chi connectivity index (χ0v) is 20.0. The standard InChI is InChI=1S/C25H40N4O4/c1-32-15-11-26-19-9-8-17-22-24(19)33-21-7-3-2-6-20(21)29(22)16-18(23(17)30)25(31)27-10-14-28-12-4-5-13-28/h16-17,19-22,24,26H,2-15H2,1H3,(H,27,31). The van der Waals surface area contributed by atoms with Crippen LogP contribution < -0.4 is 10.6 Å². The fourth-order valence-corrected chi connectivity index (χ4v) is 6.76. The second kappa shape index (κ2) is 10.4. The number of Topliss-reactive ketones (excluding diaryl/α,β-unsaturated/α-hetero) is 1. The molecule has 0 aromatic heterocycles. The summed E-state index contributed by atoms with van der Waals surface area (Å²) in [6, 6.07) is 0.497. The van der Waals surface area contributed by atoms with Gasteiger partial charge in [0.25, 0.3) is 5.91 Å². The third kappa shape index (κ3) is 4.72. The van der Waals surface area contributed by atoms with Crippen LogP contribution in [0.15, 0.2) is 11.8 Å². The Hall–Kier alpha value is -1.48. The lowest BCUT2D eigenvalue weighted by molar-refractivity contribution is -0.188. The van der Waals surface area contributed by atoms with Crippen molar-refractivity contribution < 1.29 is 19.1 Å². The van der Waals surface area contributed by atoms with E-state index in [1.165, 1.54) is 25.7 Å². The number of methoxy groups -OCH3 is 1. The van der Waals surface area contributed by atoms with Crippen molar-refractivity contribution in [3.8, 4) is 0 Å². The SMILES string of the molecule is COCCNC1CCC2C(=O)C(C(=O)NCCN3CCCC3)=CN3C4CCCCC4OC1C23. The number of fused-ring (bicyclic) bond motifs is 2. The number of carbonyl (C=O) groups is 2. The predicted molar refractivity (Wildman–Crippen MR) is 125 cm³/mol. The molecule has 1 amide bonds. The first kappa shape index (κ1) is 23.3. The average molecular weight is 461 g/mol. The van der Waals surface area contributed by atoms with E-state index in [1.807, 2.05) is 6.20 Å². The molecule has 0 radical (unpaired) electrons. The van der Waals surface area contributed by atoms with Crippen LogP contribution in [0.5, 0.6) is 0 Å². The van der Waals surface area contributed by atoms with Crippen LogP contribution in [0.4, 0.5) is 0 Å². The molecule has 5 aliphatic rings. The summed E-state index contributed by atoms with van der Waals surface area (Å²) < 4.78 is 11.9. The lowest BCUT2D eigenvalue weighted by atomic mass is 9.70. The van der Waals surface area contributed by atoms with Crippen molar-refractivity contribution >= 4 is 11.7 Å². The second-order valence-corrected chi connectivity index (χ2v) is 10.4. The van der Waals surface area contributed by atoms with E-state index < -0.39 is 0 Å². The fourth-order valence-electron chi connectivity index (χ4n) is 6.76. The Balaban J connectivity index is 1.33. The maximum atomic E-state index is 13.5. The Morgan fingerprint density at radius 1 is 1.12 bits per heavy atom. The minimum Gasteiger partial charge on any atom is -0.383 e. The van der Waals surface area contributed by atoms with Gasteiger partial charge >= 0.3 is 0 Å². The number of carbonyl (C=O) groups excluding carboxylic acids is 2. The number of amides is 1. The number of ether oxygens (including phenoxy) is 2. The van der Waals surface area contributed by atoms with Crippen LogP contribution in [0.2, 0.25) is 0 Å². The van der Waals surface area contributed by atoms with Crippen LogP contribution in [0.3, 0.4) is 0 Å². The quantitative estimate of drug-likeness (QED) is 0.414. The van der Waals surface area contributed by atoms with Crippen LogP contribution in [0.25, 0.3) is 0 Å². The Bertz CT molecular complexity index is 753. The van der Waals surface area contributed by atoms with E-state index in [2.05, 4.69) is 20.4 Å². The topological polar surface area (TPSA) is 83.1 Å². The summed E-state index contributed by atoms with van der Waals surface area (Å²) in [6.07, 6.45) is 10.7. The molecular formula is C25H40N4O4. The van der Waals surface area contributed by atoms with E-state index in [1.54, 1.807) is 7.11 Å². The van der Waals surface area contributed by atoms with Crippen LogP contribution in [0.1, 0.15) is 51.4 Å². The summed E-state index contributed by atoms with van der Waals surface area (Å²) in [5, 5.41) is 6.66. The molecule has 0 aromatic rings. The molecule has 2 aliphatic carbocycles. The van der Waals surface area contributed by atoms with E-state index in [0.29, 0.717) is 18.7 Å². The third-order valence-electron chi connectivity index (χ3n) is 8.41. The lowest BCUT2D eigenvalue weighted by Gasteiger charge is -2.58. The number of nitrogens with one attached hydrogen (secondary N) is 2. The molecule has 2 saturated heterocycles. The smallest absolute Gasteiger partial charge is 0.256 e. The molecule has 0 spiro atoms. The molecule has 2 N–H and O–H groups in total. The molecule has 3 aliphatic heterocycles. The average Bonchev–Trinajstić information content (AvgIpc) is 3.35. The van der Waals surface area contributed by atoms with E-state index in [0.717, 1.165) is 51.9 Å². The Morgan fingerprint density at radius 3 is 2.76 bits per heavy atom. The minimum atomic E-state index is -0.201. The molecule has 5 rings (SSSR count). The molecule has 8 nitrogen and oxygen atoms in total. The summed E-state index contributed by atoms with van der Waals surface area (Å²) in [5.74, 6) is -0.357. The summed E-state index contributed by atoms with van der Waals surface area (Å²) in [6.45, 7) is 5.12.